The van der Waals surface area contributed by atoms with Crippen LogP contribution in [-0.2, 0) is 0 Å². The van der Waals surface area contributed by atoms with Gasteiger partial charge in [-0.05, 0) is 24.3 Å². The summed E-state index contributed by atoms with van der Waals surface area (Å²) >= 11 is 0. The first-order valence-corrected chi connectivity index (χ1v) is 6.36. The Hall–Kier alpha value is -2.88. The highest BCUT2D eigenvalue weighted by Crippen LogP contribution is 2.32. The SMILES string of the molecule is N#Cc1cc(C=O)ccc1OC1=CC(C(F)(F)F)=CCC(F)=C1. The zero-order chi connectivity index (χ0) is 17.0. The molecule has 0 aliphatic heterocycles. The van der Waals surface area contributed by atoms with Gasteiger partial charge in [0.1, 0.15) is 29.7 Å². The zero-order valence-corrected chi connectivity index (χ0v) is 11.5. The maximum absolute atomic E-state index is 13.5. The topological polar surface area (TPSA) is 50.1 Å². The van der Waals surface area contributed by atoms with Crippen LogP contribution in [0.3, 0.4) is 0 Å². The van der Waals surface area contributed by atoms with Gasteiger partial charge in [0, 0.05) is 18.1 Å². The van der Waals surface area contributed by atoms with Crippen LogP contribution in [-0.4, -0.2) is 12.5 Å². The molecule has 0 fully saturated rings. The Balaban J connectivity index is 2.40. The first-order valence-electron chi connectivity index (χ1n) is 6.36. The summed E-state index contributed by atoms with van der Waals surface area (Å²) in [5.41, 5.74) is -0.883. The monoisotopic (exact) mass is 323 g/mol. The van der Waals surface area contributed by atoms with E-state index in [1.54, 1.807) is 6.07 Å². The molecule has 0 bridgehead atoms. The van der Waals surface area contributed by atoms with E-state index in [0.29, 0.717) is 18.4 Å². The van der Waals surface area contributed by atoms with E-state index in [4.69, 9.17) is 10.00 Å². The van der Waals surface area contributed by atoms with Gasteiger partial charge in [-0.3, -0.25) is 4.79 Å². The normalized spacial score (nSPS) is 14.8. The lowest BCUT2D eigenvalue weighted by Gasteiger charge is -2.10. The first kappa shape index (κ1) is 16.5. The average molecular weight is 323 g/mol. The first-order chi connectivity index (χ1) is 10.8. The minimum Gasteiger partial charge on any atom is -0.456 e. The van der Waals surface area contributed by atoms with Crippen molar-refractivity contribution >= 4 is 6.29 Å². The summed E-state index contributed by atoms with van der Waals surface area (Å²) in [5, 5.41) is 9.01. The molecule has 23 heavy (non-hydrogen) atoms. The van der Waals surface area contributed by atoms with E-state index in [0.717, 1.165) is 6.08 Å². The van der Waals surface area contributed by atoms with Crippen molar-refractivity contribution in [1.82, 2.24) is 0 Å². The van der Waals surface area contributed by atoms with Gasteiger partial charge in [-0.1, -0.05) is 6.08 Å². The van der Waals surface area contributed by atoms with Gasteiger partial charge in [0.05, 0.1) is 11.1 Å². The number of alkyl halides is 3. The van der Waals surface area contributed by atoms with Crippen molar-refractivity contribution in [2.45, 2.75) is 12.6 Å². The van der Waals surface area contributed by atoms with Gasteiger partial charge in [0.2, 0.25) is 0 Å². The summed E-state index contributed by atoms with van der Waals surface area (Å²) < 4.78 is 57.1. The molecule has 3 nitrogen and oxygen atoms in total. The molecule has 118 valence electrons. The molecule has 1 aliphatic carbocycles. The molecule has 0 saturated heterocycles. The second kappa shape index (κ2) is 6.48. The van der Waals surface area contributed by atoms with Gasteiger partial charge in [0.25, 0.3) is 0 Å². The van der Waals surface area contributed by atoms with Crippen LogP contribution < -0.4 is 4.74 Å². The molecular weight excluding hydrogens is 314 g/mol. The predicted molar refractivity (Wildman–Crippen MR) is 73.2 cm³/mol. The van der Waals surface area contributed by atoms with E-state index < -0.39 is 24.0 Å². The van der Waals surface area contributed by atoms with Crippen molar-refractivity contribution in [2.75, 3.05) is 0 Å². The second-order valence-electron chi connectivity index (χ2n) is 4.59. The van der Waals surface area contributed by atoms with Crippen molar-refractivity contribution in [1.29, 1.82) is 5.26 Å². The summed E-state index contributed by atoms with van der Waals surface area (Å²) in [5.74, 6) is -1.27. The number of allylic oxidation sites excluding steroid dienone is 5. The van der Waals surface area contributed by atoms with Crippen LogP contribution in [0.4, 0.5) is 17.6 Å². The number of hydrogen-bond acceptors (Lipinski definition) is 3. The summed E-state index contributed by atoms with van der Waals surface area (Å²) in [4.78, 5) is 10.7. The lowest BCUT2D eigenvalue weighted by molar-refractivity contribution is -0.0885. The average Bonchev–Trinajstić information content (AvgIpc) is 2.68. The maximum atomic E-state index is 13.5. The molecule has 0 saturated carbocycles. The third-order valence-corrected chi connectivity index (χ3v) is 2.93. The molecule has 0 N–H and O–H groups in total. The summed E-state index contributed by atoms with van der Waals surface area (Å²) in [6.07, 6.45) is -2.45. The Morgan fingerprint density at radius 2 is 2.00 bits per heavy atom. The predicted octanol–water partition coefficient (Wildman–Crippen LogP) is 4.38. The van der Waals surface area contributed by atoms with Gasteiger partial charge < -0.3 is 4.74 Å². The van der Waals surface area contributed by atoms with Crippen LogP contribution in [0.25, 0.3) is 0 Å². The van der Waals surface area contributed by atoms with Crippen LogP contribution in [0.15, 0.2) is 53.6 Å². The highest BCUT2D eigenvalue weighted by molar-refractivity contribution is 5.76. The molecule has 1 aromatic rings. The number of rotatable bonds is 3. The highest BCUT2D eigenvalue weighted by atomic mass is 19.4. The van der Waals surface area contributed by atoms with Gasteiger partial charge in [-0.2, -0.15) is 18.4 Å². The van der Waals surface area contributed by atoms with Gasteiger partial charge in [0.15, 0.2) is 0 Å². The van der Waals surface area contributed by atoms with E-state index in [-0.39, 0.29) is 22.6 Å². The fourth-order valence-corrected chi connectivity index (χ4v) is 1.86. The van der Waals surface area contributed by atoms with Crippen molar-refractivity contribution in [3.8, 4) is 11.8 Å². The number of halogens is 4. The fraction of sp³-hybridized carbons (Fsp3) is 0.125. The Labute approximate surface area is 128 Å². The Morgan fingerprint density at radius 3 is 2.61 bits per heavy atom. The Bertz CT molecular complexity index is 767. The highest BCUT2D eigenvalue weighted by Gasteiger charge is 2.33. The Kier molecular flexibility index (Phi) is 4.65. The number of hydrogen-bond donors (Lipinski definition) is 0. The number of carbonyl (C=O) groups excluding carboxylic acids is 1. The molecule has 0 unspecified atom stereocenters. The van der Waals surface area contributed by atoms with Crippen molar-refractivity contribution in [2.24, 2.45) is 0 Å². The number of ether oxygens (including phenoxy) is 1. The molecule has 1 aromatic carbocycles. The summed E-state index contributed by atoms with van der Waals surface area (Å²) in [6.45, 7) is 0. The third-order valence-electron chi connectivity index (χ3n) is 2.93. The van der Waals surface area contributed by atoms with Crippen LogP contribution in [0.2, 0.25) is 0 Å². The number of benzene rings is 1. The lowest BCUT2D eigenvalue weighted by Crippen LogP contribution is -2.10. The standard InChI is InChI=1S/C16H9F4NO2/c17-13-3-2-12(16(18,19)20)6-14(7-13)23-15-4-1-10(9-22)5-11(15)8-21/h1-2,4-7,9H,3H2. The molecular formula is C16H9F4NO2. The van der Waals surface area contributed by atoms with Crippen LogP contribution in [0.5, 0.6) is 5.75 Å². The summed E-state index contributed by atoms with van der Waals surface area (Å²) in [6, 6.07) is 5.58. The fourth-order valence-electron chi connectivity index (χ4n) is 1.86. The smallest absolute Gasteiger partial charge is 0.416 e. The van der Waals surface area contributed by atoms with Crippen molar-refractivity contribution in [3.63, 3.8) is 0 Å². The van der Waals surface area contributed by atoms with E-state index >= 15 is 0 Å². The molecule has 0 amide bonds. The van der Waals surface area contributed by atoms with Crippen molar-refractivity contribution < 1.29 is 27.1 Å². The number of carbonyl (C=O) groups is 1. The maximum Gasteiger partial charge on any atom is 0.416 e. The van der Waals surface area contributed by atoms with Crippen LogP contribution >= 0.6 is 0 Å². The van der Waals surface area contributed by atoms with E-state index in [1.165, 1.54) is 18.2 Å². The van der Waals surface area contributed by atoms with Gasteiger partial charge >= 0.3 is 6.18 Å². The molecule has 0 aromatic heterocycles. The van der Waals surface area contributed by atoms with Gasteiger partial charge in [-0.15, -0.1) is 0 Å². The number of nitrogens with zero attached hydrogens (tertiary/aromatic N) is 1. The third kappa shape index (κ3) is 4.07. The van der Waals surface area contributed by atoms with Crippen LogP contribution in [0.1, 0.15) is 22.3 Å². The van der Waals surface area contributed by atoms with Crippen LogP contribution in [0, 0.1) is 11.3 Å². The number of nitriles is 1. The number of aldehydes is 1. The molecule has 7 heteroatoms. The Morgan fingerprint density at radius 1 is 1.26 bits per heavy atom. The lowest BCUT2D eigenvalue weighted by atomic mass is 10.1. The van der Waals surface area contributed by atoms with Gasteiger partial charge in [-0.25, -0.2) is 4.39 Å². The minimum absolute atomic E-state index is 0.0499. The summed E-state index contributed by atoms with van der Waals surface area (Å²) in [7, 11) is 0. The van der Waals surface area contributed by atoms with E-state index in [9.17, 15) is 22.4 Å². The molecule has 0 radical (unpaired) electrons. The second-order valence-corrected chi connectivity index (χ2v) is 4.59. The van der Waals surface area contributed by atoms with E-state index in [1.807, 2.05) is 0 Å². The molecule has 1 aliphatic rings. The molecule has 0 spiro atoms. The van der Waals surface area contributed by atoms with Crippen molar-refractivity contribution in [3.05, 3.63) is 64.7 Å². The zero-order valence-electron chi connectivity index (χ0n) is 11.5. The minimum atomic E-state index is -4.65. The molecule has 2 rings (SSSR count). The quantitative estimate of drug-likeness (QED) is 0.613. The molecule has 0 atom stereocenters. The largest absolute Gasteiger partial charge is 0.456 e. The molecule has 0 heterocycles. The van der Waals surface area contributed by atoms with E-state index in [2.05, 4.69) is 0 Å².